The van der Waals surface area contributed by atoms with E-state index < -0.39 is 0 Å². The van der Waals surface area contributed by atoms with Crippen LogP contribution in [-0.4, -0.2) is 16.5 Å². The molecule has 18 heavy (non-hydrogen) atoms. The van der Waals surface area contributed by atoms with E-state index in [0.717, 1.165) is 29.2 Å². The number of aromatic nitrogens is 2. The molecule has 0 fully saturated rings. The molecular weight excluding hydrogens is 292 g/mol. The summed E-state index contributed by atoms with van der Waals surface area (Å²) in [6.07, 6.45) is 1.56. The highest BCUT2D eigenvalue weighted by molar-refractivity contribution is 9.10. The Morgan fingerprint density at radius 1 is 1.06 bits per heavy atom. The zero-order chi connectivity index (χ0) is 12.8. The fourth-order valence-corrected chi connectivity index (χ4v) is 1.79. The molecule has 0 saturated heterocycles. The van der Waals surface area contributed by atoms with E-state index in [1.807, 2.05) is 25.1 Å². The van der Waals surface area contributed by atoms with Gasteiger partial charge in [-0.25, -0.2) is 9.97 Å². The van der Waals surface area contributed by atoms with Crippen molar-refractivity contribution in [3.05, 3.63) is 46.7 Å². The summed E-state index contributed by atoms with van der Waals surface area (Å²) in [5, 5.41) is 6.43. The van der Waals surface area contributed by atoms with Crippen LogP contribution < -0.4 is 10.6 Å². The molecule has 2 aromatic rings. The molecule has 0 amide bonds. The Kier molecular flexibility index (Phi) is 4.52. The summed E-state index contributed by atoms with van der Waals surface area (Å²) < 4.78 is 1.09. The lowest BCUT2D eigenvalue weighted by Gasteiger charge is -2.07. The molecule has 4 nitrogen and oxygen atoms in total. The third kappa shape index (κ3) is 3.70. The molecule has 1 heterocycles. The molecule has 2 rings (SSSR count). The van der Waals surface area contributed by atoms with Crippen LogP contribution in [0.5, 0.6) is 0 Å². The SMILES string of the molecule is CCNc1cc(NCc2ccc(Br)cc2)ncn1. The van der Waals surface area contributed by atoms with Crippen molar-refractivity contribution in [2.75, 3.05) is 17.2 Å². The second-order valence-corrected chi connectivity index (χ2v) is 4.71. The maximum atomic E-state index is 4.18. The Hall–Kier alpha value is -1.62. The molecule has 1 aromatic heterocycles. The number of rotatable bonds is 5. The molecular formula is C13H15BrN4. The highest BCUT2D eigenvalue weighted by Crippen LogP contribution is 2.13. The van der Waals surface area contributed by atoms with Crippen LogP contribution in [0.15, 0.2) is 41.1 Å². The normalized spacial score (nSPS) is 10.1. The zero-order valence-electron chi connectivity index (χ0n) is 10.2. The average molecular weight is 307 g/mol. The smallest absolute Gasteiger partial charge is 0.131 e. The minimum Gasteiger partial charge on any atom is -0.370 e. The van der Waals surface area contributed by atoms with Crippen LogP contribution >= 0.6 is 15.9 Å². The molecule has 1 aromatic carbocycles. The number of nitrogens with zero attached hydrogens (tertiary/aromatic N) is 2. The minimum absolute atomic E-state index is 0.746. The second-order valence-electron chi connectivity index (χ2n) is 3.80. The van der Waals surface area contributed by atoms with Gasteiger partial charge in [-0.15, -0.1) is 0 Å². The van der Waals surface area contributed by atoms with Crippen molar-refractivity contribution in [2.45, 2.75) is 13.5 Å². The van der Waals surface area contributed by atoms with Gasteiger partial charge in [0, 0.05) is 23.6 Å². The van der Waals surface area contributed by atoms with Gasteiger partial charge >= 0.3 is 0 Å². The first kappa shape index (κ1) is 12.8. The van der Waals surface area contributed by atoms with Gasteiger partial charge in [-0.1, -0.05) is 28.1 Å². The first-order chi connectivity index (χ1) is 8.78. The van der Waals surface area contributed by atoms with Gasteiger partial charge in [0.15, 0.2) is 0 Å². The van der Waals surface area contributed by atoms with Crippen molar-refractivity contribution < 1.29 is 0 Å². The largest absolute Gasteiger partial charge is 0.370 e. The third-order valence-electron chi connectivity index (χ3n) is 2.41. The highest BCUT2D eigenvalue weighted by atomic mass is 79.9. The van der Waals surface area contributed by atoms with Crippen molar-refractivity contribution in [1.29, 1.82) is 0 Å². The Labute approximate surface area is 115 Å². The summed E-state index contributed by atoms with van der Waals surface area (Å²) in [7, 11) is 0. The van der Waals surface area contributed by atoms with Gasteiger partial charge in [0.1, 0.15) is 18.0 Å². The Morgan fingerprint density at radius 2 is 1.72 bits per heavy atom. The zero-order valence-corrected chi connectivity index (χ0v) is 11.7. The van der Waals surface area contributed by atoms with Gasteiger partial charge in [-0.05, 0) is 24.6 Å². The fourth-order valence-electron chi connectivity index (χ4n) is 1.53. The Balaban J connectivity index is 1.97. The van der Waals surface area contributed by atoms with E-state index in [1.165, 1.54) is 5.56 Å². The predicted molar refractivity (Wildman–Crippen MR) is 77.7 cm³/mol. The highest BCUT2D eigenvalue weighted by Gasteiger charge is 1.98. The number of halogens is 1. The lowest BCUT2D eigenvalue weighted by Crippen LogP contribution is -2.04. The third-order valence-corrected chi connectivity index (χ3v) is 2.94. The lowest BCUT2D eigenvalue weighted by atomic mass is 10.2. The summed E-state index contributed by atoms with van der Waals surface area (Å²) >= 11 is 3.42. The van der Waals surface area contributed by atoms with Crippen LogP contribution in [-0.2, 0) is 6.54 Å². The summed E-state index contributed by atoms with van der Waals surface area (Å²) in [5.41, 5.74) is 1.21. The van der Waals surface area contributed by atoms with Crippen molar-refractivity contribution in [3.63, 3.8) is 0 Å². The average Bonchev–Trinajstić information content (AvgIpc) is 2.39. The molecule has 0 bridgehead atoms. The predicted octanol–water partition coefficient (Wildman–Crippen LogP) is 3.28. The van der Waals surface area contributed by atoms with Gasteiger partial charge in [-0.2, -0.15) is 0 Å². The number of nitrogens with one attached hydrogen (secondary N) is 2. The summed E-state index contributed by atoms with van der Waals surface area (Å²) in [6, 6.07) is 10.1. The van der Waals surface area contributed by atoms with E-state index in [1.54, 1.807) is 6.33 Å². The number of hydrogen-bond donors (Lipinski definition) is 2. The topological polar surface area (TPSA) is 49.8 Å². The van der Waals surface area contributed by atoms with E-state index in [9.17, 15) is 0 Å². The second kappa shape index (κ2) is 6.35. The van der Waals surface area contributed by atoms with Gasteiger partial charge in [-0.3, -0.25) is 0 Å². The summed E-state index contributed by atoms with van der Waals surface area (Å²) in [5.74, 6) is 1.66. The first-order valence-electron chi connectivity index (χ1n) is 5.82. The van der Waals surface area contributed by atoms with E-state index in [-0.39, 0.29) is 0 Å². The van der Waals surface area contributed by atoms with E-state index >= 15 is 0 Å². The fraction of sp³-hybridized carbons (Fsp3) is 0.231. The quantitative estimate of drug-likeness (QED) is 0.890. The molecule has 0 aliphatic carbocycles. The molecule has 0 radical (unpaired) electrons. The van der Waals surface area contributed by atoms with Crippen molar-refractivity contribution in [1.82, 2.24) is 9.97 Å². The van der Waals surface area contributed by atoms with Gasteiger partial charge in [0.25, 0.3) is 0 Å². The molecule has 0 aliphatic rings. The number of benzene rings is 1. The van der Waals surface area contributed by atoms with Crippen LogP contribution in [0.4, 0.5) is 11.6 Å². The Morgan fingerprint density at radius 3 is 2.39 bits per heavy atom. The molecule has 5 heteroatoms. The lowest BCUT2D eigenvalue weighted by molar-refractivity contribution is 1.07. The van der Waals surface area contributed by atoms with Crippen LogP contribution in [0.25, 0.3) is 0 Å². The van der Waals surface area contributed by atoms with Crippen LogP contribution in [0.2, 0.25) is 0 Å². The maximum absolute atomic E-state index is 4.18. The van der Waals surface area contributed by atoms with Gasteiger partial charge < -0.3 is 10.6 Å². The standard InChI is InChI=1S/C13H15BrN4/c1-2-15-12-7-13(18-9-17-12)16-8-10-3-5-11(14)6-4-10/h3-7,9H,2,8H2,1H3,(H2,15,16,17,18). The minimum atomic E-state index is 0.746. The van der Waals surface area contributed by atoms with E-state index in [2.05, 4.69) is 48.7 Å². The van der Waals surface area contributed by atoms with Crippen molar-refractivity contribution in [3.8, 4) is 0 Å². The van der Waals surface area contributed by atoms with Crippen molar-refractivity contribution >= 4 is 27.6 Å². The van der Waals surface area contributed by atoms with Crippen LogP contribution in [0, 0.1) is 0 Å². The number of hydrogen-bond acceptors (Lipinski definition) is 4. The van der Waals surface area contributed by atoms with Gasteiger partial charge in [0.05, 0.1) is 0 Å². The molecule has 0 unspecified atom stereocenters. The summed E-state index contributed by atoms with van der Waals surface area (Å²) in [4.78, 5) is 8.31. The number of anilines is 2. The molecule has 94 valence electrons. The van der Waals surface area contributed by atoms with E-state index in [0.29, 0.717) is 0 Å². The van der Waals surface area contributed by atoms with Crippen LogP contribution in [0.1, 0.15) is 12.5 Å². The van der Waals surface area contributed by atoms with Gasteiger partial charge in [0.2, 0.25) is 0 Å². The molecule has 2 N–H and O–H groups in total. The first-order valence-corrected chi connectivity index (χ1v) is 6.61. The molecule has 0 atom stereocenters. The molecule has 0 saturated carbocycles. The monoisotopic (exact) mass is 306 g/mol. The van der Waals surface area contributed by atoms with E-state index in [4.69, 9.17) is 0 Å². The Bertz CT molecular complexity index is 499. The molecule has 0 spiro atoms. The summed E-state index contributed by atoms with van der Waals surface area (Å²) in [6.45, 7) is 3.63. The molecule has 0 aliphatic heterocycles. The van der Waals surface area contributed by atoms with Crippen LogP contribution in [0.3, 0.4) is 0 Å². The van der Waals surface area contributed by atoms with Crippen molar-refractivity contribution in [2.24, 2.45) is 0 Å². The maximum Gasteiger partial charge on any atom is 0.131 e.